The fraction of sp³-hybridized carbons (Fsp3) is 0.526. The summed E-state index contributed by atoms with van der Waals surface area (Å²) < 4.78 is 13.8. The lowest BCUT2D eigenvalue weighted by molar-refractivity contribution is 0.120. The maximum atomic E-state index is 12.6. The van der Waals surface area contributed by atoms with Gasteiger partial charge in [-0.15, -0.1) is 4.99 Å². The average molecular weight is 409 g/mol. The number of urea groups is 2. The van der Waals surface area contributed by atoms with E-state index in [0.29, 0.717) is 0 Å². The van der Waals surface area contributed by atoms with Gasteiger partial charge in [0.05, 0.1) is 7.11 Å². The summed E-state index contributed by atoms with van der Waals surface area (Å²) in [6, 6.07) is 6.41. The molecule has 1 saturated carbocycles. The van der Waals surface area contributed by atoms with Gasteiger partial charge in [-0.1, -0.05) is 6.42 Å². The first kappa shape index (κ1) is 21.9. The summed E-state index contributed by atoms with van der Waals surface area (Å²) in [5.41, 5.74) is 0. The monoisotopic (exact) mass is 408 g/mol. The highest BCUT2D eigenvalue weighted by Gasteiger charge is 2.24. The van der Waals surface area contributed by atoms with Gasteiger partial charge in [0, 0.05) is 26.0 Å². The molecular weight excluding hydrogens is 380 g/mol. The molecule has 0 radical (unpaired) electrons. The van der Waals surface area contributed by atoms with Gasteiger partial charge in [0.15, 0.2) is 0 Å². The highest BCUT2D eigenvalue weighted by atomic mass is 32.2. The van der Waals surface area contributed by atoms with Crippen molar-refractivity contribution in [1.82, 2.24) is 14.5 Å². The standard InChI is InChI=1S/C19H28N4O4S/c1-22(2)17(24)20-19(27-15-8-6-5-7-9-15)23(3)18(25)21-28-16-12-10-14(26-4)11-13-16/h10-13,15H,5-9H2,1-4H3,(H,21,25). The van der Waals surface area contributed by atoms with Crippen LogP contribution >= 0.6 is 11.9 Å². The number of rotatable bonds is 4. The van der Waals surface area contributed by atoms with Crippen molar-refractivity contribution in [2.24, 2.45) is 4.99 Å². The number of carbonyl (C=O) groups is 2. The van der Waals surface area contributed by atoms with Crippen LogP contribution in [-0.4, -0.2) is 62.2 Å². The van der Waals surface area contributed by atoms with E-state index in [1.54, 1.807) is 21.2 Å². The van der Waals surface area contributed by atoms with Gasteiger partial charge in [0.25, 0.3) is 0 Å². The van der Waals surface area contributed by atoms with E-state index in [4.69, 9.17) is 9.47 Å². The zero-order chi connectivity index (χ0) is 20.5. The number of carbonyl (C=O) groups excluding carboxylic acids is 2. The summed E-state index contributed by atoms with van der Waals surface area (Å²) in [5, 5.41) is 0. The van der Waals surface area contributed by atoms with E-state index in [1.807, 2.05) is 24.3 Å². The highest BCUT2D eigenvalue weighted by molar-refractivity contribution is 7.98. The summed E-state index contributed by atoms with van der Waals surface area (Å²) in [6.45, 7) is 0. The van der Waals surface area contributed by atoms with Crippen LogP contribution in [0.15, 0.2) is 34.2 Å². The number of amides is 4. The minimum Gasteiger partial charge on any atom is -0.497 e. The highest BCUT2D eigenvalue weighted by Crippen LogP contribution is 2.22. The molecule has 1 aromatic rings. The lowest BCUT2D eigenvalue weighted by Gasteiger charge is -2.27. The summed E-state index contributed by atoms with van der Waals surface area (Å²) in [6.07, 6.45) is 5.08. The first-order valence-corrected chi connectivity index (χ1v) is 10.0. The molecule has 0 spiro atoms. The van der Waals surface area contributed by atoms with Crippen molar-refractivity contribution in [3.63, 3.8) is 0 Å². The van der Waals surface area contributed by atoms with Crippen molar-refractivity contribution >= 4 is 30.0 Å². The van der Waals surface area contributed by atoms with Gasteiger partial charge in [0.1, 0.15) is 11.9 Å². The first-order valence-electron chi connectivity index (χ1n) is 9.22. The maximum absolute atomic E-state index is 12.6. The summed E-state index contributed by atoms with van der Waals surface area (Å²) in [7, 11) is 6.34. The van der Waals surface area contributed by atoms with Crippen molar-refractivity contribution in [1.29, 1.82) is 0 Å². The lowest BCUT2D eigenvalue weighted by atomic mass is 9.98. The van der Waals surface area contributed by atoms with Crippen LogP contribution in [0.5, 0.6) is 5.75 Å². The summed E-state index contributed by atoms with van der Waals surface area (Å²) in [5.74, 6) is 0.741. The van der Waals surface area contributed by atoms with Crippen LogP contribution in [0.4, 0.5) is 9.59 Å². The molecule has 2 rings (SSSR count). The topological polar surface area (TPSA) is 83.5 Å². The van der Waals surface area contributed by atoms with Crippen LogP contribution in [0, 0.1) is 0 Å². The molecule has 0 saturated heterocycles. The third-order valence-corrected chi connectivity index (χ3v) is 5.09. The molecule has 0 atom stereocenters. The zero-order valence-electron chi connectivity index (χ0n) is 16.8. The molecule has 1 fully saturated rings. The molecule has 0 aliphatic heterocycles. The molecule has 1 N–H and O–H groups in total. The number of aliphatic imine (C=N–C) groups is 1. The van der Waals surface area contributed by atoms with Crippen LogP contribution in [0.1, 0.15) is 32.1 Å². The van der Waals surface area contributed by atoms with Crippen molar-refractivity contribution in [3.05, 3.63) is 24.3 Å². The molecule has 0 bridgehead atoms. The predicted octanol–water partition coefficient (Wildman–Crippen LogP) is 3.73. The largest absolute Gasteiger partial charge is 0.497 e. The van der Waals surface area contributed by atoms with Gasteiger partial charge in [-0.2, -0.15) is 0 Å². The fourth-order valence-electron chi connectivity index (χ4n) is 2.60. The van der Waals surface area contributed by atoms with Crippen molar-refractivity contribution < 1.29 is 19.1 Å². The van der Waals surface area contributed by atoms with Gasteiger partial charge in [0.2, 0.25) is 0 Å². The number of ether oxygens (including phenoxy) is 2. The van der Waals surface area contributed by atoms with Gasteiger partial charge in [-0.05, 0) is 61.9 Å². The number of benzene rings is 1. The minimum absolute atomic E-state index is 0.0124. The fourth-order valence-corrected chi connectivity index (χ4v) is 3.21. The minimum atomic E-state index is -0.478. The normalized spacial score (nSPS) is 14.9. The molecule has 0 heterocycles. The Hall–Kier alpha value is -2.42. The Labute approximate surface area is 170 Å². The van der Waals surface area contributed by atoms with Crippen LogP contribution in [0.3, 0.4) is 0 Å². The number of methoxy groups -OCH3 is 1. The molecule has 4 amide bonds. The predicted molar refractivity (Wildman–Crippen MR) is 110 cm³/mol. The quantitative estimate of drug-likeness (QED) is 0.466. The van der Waals surface area contributed by atoms with Gasteiger partial charge in [-0.25, -0.2) is 9.59 Å². The Morgan fingerprint density at radius 3 is 2.32 bits per heavy atom. The van der Waals surface area contributed by atoms with Gasteiger partial charge >= 0.3 is 18.1 Å². The smallest absolute Gasteiger partial charge is 0.347 e. The Kier molecular flexibility index (Phi) is 8.43. The number of hydrogen-bond donors (Lipinski definition) is 1. The van der Waals surface area contributed by atoms with E-state index >= 15 is 0 Å². The second-order valence-corrected chi connectivity index (χ2v) is 7.57. The molecule has 8 nitrogen and oxygen atoms in total. The molecule has 1 aromatic carbocycles. The van der Waals surface area contributed by atoms with E-state index < -0.39 is 12.1 Å². The molecule has 154 valence electrons. The van der Waals surface area contributed by atoms with E-state index in [0.717, 1.165) is 48.3 Å². The lowest BCUT2D eigenvalue weighted by Crippen LogP contribution is -2.42. The van der Waals surface area contributed by atoms with Crippen LogP contribution in [-0.2, 0) is 4.74 Å². The summed E-state index contributed by atoms with van der Waals surface area (Å²) >= 11 is 1.16. The van der Waals surface area contributed by atoms with E-state index in [-0.39, 0.29) is 12.1 Å². The Morgan fingerprint density at radius 1 is 1.11 bits per heavy atom. The molecule has 1 aliphatic carbocycles. The summed E-state index contributed by atoms with van der Waals surface area (Å²) in [4.78, 5) is 32.0. The molecular formula is C19H28N4O4S. The average Bonchev–Trinajstić information content (AvgIpc) is 2.71. The number of amidine groups is 1. The number of hydrogen-bond acceptors (Lipinski definition) is 5. The van der Waals surface area contributed by atoms with Gasteiger partial charge in [-0.3, -0.25) is 9.62 Å². The van der Waals surface area contributed by atoms with Crippen molar-refractivity contribution in [3.8, 4) is 5.75 Å². The SMILES string of the molecule is COc1ccc(SNC(=O)N(C)C(=NC(=O)N(C)C)OC2CCCCC2)cc1. The van der Waals surface area contributed by atoms with Crippen LogP contribution in [0.2, 0.25) is 0 Å². The first-order chi connectivity index (χ1) is 13.4. The molecule has 28 heavy (non-hydrogen) atoms. The third kappa shape index (κ3) is 6.63. The Morgan fingerprint density at radius 2 is 1.75 bits per heavy atom. The number of nitrogens with zero attached hydrogens (tertiary/aromatic N) is 3. The number of nitrogens with one attached hydrogen (secondary N) is 1. The molecule has 0 unspecified atom stereocenters. The van der Waals surface area contributed by atoms with Crippen molar-refractivity contribution in [2.45, 2.75) is 43.1 Å². The second-order valence-electron chi connectivity index (χ2n) is 6.69. The van der Waals surface area contributed by atoms with E-state index in [2.05, 4.69) is 9.71 Å². The third-order valence-electron chi connectivity index (χ3n) is 4.31. The molecule has 1 aliphatic rings. The van der Waals surface area contributed by atoms with Crippen LogP contribution in [0.25, 0.3) is 0 Å². The van der Waals surface area contributed by atoms with E-state index in [1.165, 1.54) is 23.3 Å². The van der Waals surface area contributed by atoms with Gasteiger partial charge < -0.3 is 14.4 Å². The second kappa shape index (κ2) is 10.8. The van der Waals surface area contributed by atoms with E-state index in [9.17, 15) is 9.59 Å². The van der Waals surface area contributed by atoms with Crippen LogP contribution < -0.4 is 9.46 Å². The van der Waals surface area contributed by atoms with Crippen molar-refractivity contribution in [2.75, 3.05) is 28.3 Å². The molecule has 0 aromatic heterocycles. The Bertz CT molecular complexity index is 688. The molecule has 9 heteroatoms. The Balaban J connectivity index is 2.02. The maximum Gasteiger partial charge on any atom is 0.347 e. The zero-order valence-corrected chi connectivity index (χ0v) is 17.6.